The molecule has 0 aliphatic rings. The van der Waals surface area contributed by atoms with Gasteiger partial charge in [-0.25, -0.2) is 0 Å². The molecule has 1 aromatic rings. The van der Waals surface area contributed by atoms with E-state index in [0.717, 1.165) is 13.1 Å². The Morgan fingerprint density at radius 1 is 1.67 bits per heavy atom. The van der Waals surface area contributed by atoms with Gasteiger partial charge in [-0.3, -0.25) is 9.88 Å². The van der Waals surface area contributed by atoms with Gasteiger partial charge in [0.2, 0.25) is 0 Å². The first-order valence-corrected chi connectivity index (χ1v) is 4.01. The monoisotopic (exact) mass is 162 g/mol. The van der Waals surface area contributed by atoms with Crippen LogP contribution in [0.5, 0.6) is 0 Å². The van der Waals surface area contributed by atoms with Crippen LogP contribution >= 0.6 is 0 Å². The molecule has 0 unspecified atom stereocenters. The number of hydrogen-bond donors (Lipinski definition) is 0. The highest BCUT2D eigenvalue weighted by Gasteiger charge is 1.96. The van der Waals surface area contributed by atoms with Crippen LogP contribution in [0.4, 0.5) is 0 Å². The van der Waals surface area contributed by atoms with Crippen molar-refractivity contribution in [3.8, 4) is 0 Å². The Morgan fingerprint density at radius 2 is 2.50 bits per heavy atom. The summed E-state index contributed by atoms with van der Waals surface area (Å²) < 4.78 is 0. The minimum absolute atomic E-state index is 0.912. The van der Waals surface area contributed by atoms with Crippen LogP contribution in [0.3, 0.4) is 0 Å². The summed E-state index contributed by atoms with van der Waals surface area (Å²) in [5.41, 5.74) is 1.24. The van der Waals surface area contributed by atoms with Crippen molar-refractivity contribution in [2.45, 2.75) is 6.54 Å². The number of nitrogens with zero attached hydrogens (tertiary/aromatic N) is 2. The highest BCUT2D eigenvalue weighted by atomic mass is 15.1. The second kappa shape index (κ2) is 4.67. The van der Waals surface area contributed by atoms with Gasteiger partial charge in [-0.2, -0.15) is 0 Å². The summed E-state index contributed by atoms with van der Waals surface area (Å²) in [5.74, 6) is 0. The first-order chi connectivity index (χ1) is 5.83. The summed E-state index contributed by atoms with van der Waals surface area (Å²) in [7, 11) is 2.06. The van der Waals surface area contributed by atoms with Crippen LogP contribution in [0.25, 0.3) is 0 Å². The van der Waals surface area contributed by atoms with Gasteiger partial charge in [0, 0.05) is 25.5 Å². The van der Waals surface area contributed by atoms with Gasteiger partial charge < -0.3 is 0 Å². The highest BCUT2D eigenvalue weighted by Crippen LogP contribution is 1.99. The second-order valence-corrected chi connectivity index (χ2v) is 2.85. The standard InChI is InChI=1S/C10H14N2/c1-3-7-12(2)9-10-5-4-6-11-8-10/h3-6,8H,1,7,9H2,2H3. The molecule has 2 nitrogen and oxygen atoms in total. The minimum atomic E-state index is 0.912. The number of likely N-dealkylation sites (N-methyl/N-ethyl adjacent to an activating group) is 1. The second-order valence-electron chi connectivity index (χ2n) is 2.85. The van der Waals surface area contributed by atoms with Crippen molar-refractivity contribution in [1.29, 1.82) is 0 Å². The fraction of sp³-hybridized carbons (Fsp3) is 0.300. The molecular formula is C10H14N2. The predicted molar refractivity (Wildman–Crippen MR) is 50.8 cm³/mol. The van der Waals surface area contributed by atoms with E-state index in [1.807, 2.05) is 18.3 Å². The van der Waals surface area contributed by atoms with Crippen molar-refractivity contribution in [2.75, 3.05) is 13.6 Å². The fourth-order valence-electron chi connectivity index (χ4n) is 1.09. The van der Waals surface area contributed by atoms with Crippen LogP contribution in [0.2, 0.25) is 0 Å². The normalized spacial score (nSPS) is 10.2. The van der Waals surface area contributed by atoms with Crippen LogP contribution in [0, 0.1) is 0 Å². The van der Waals surface area contributed by atoms with Crippen molar-refractivity contribution in [3.63, 3.8) is 0 Å². The maximum atomic E-state index is 4.05. The largest absolute Gasteiger partial charge is 0.298 e. The molecule has 0 fully saturated rings. The average Bonchev–Trinajstić information content (AvgIpc) is 2.06. The van der Waals surface area contributed by atoms with E-state index in [0.29, 0.717) is 0 Å². The molecule has 2 heteroatoms. The third kappa shape index (κ3) is 2.84. The topological polar surface area (TPSA) is 16.1 Å². The quantitative estimate of drug-likeness (QED) is 0.626. The van der Waals surface area contributed by atoms with Crippen LogP contribution in [-0.4, -0.2) is 23.5 Å². The maximum Gasteiger partial charge on any atom is 0.0312 e. The number of aromatic nitrogens is 1. The van der Waals surface area contributed by atoms with Crippen LogP contribution < -0.4 is 0 Å². The Bertz CT molecular complexity index is 231. The molecule has 0 N–H and O–H groups in total. The zero-order valence-corrected chi connectivity index (χ0v) is 7.40. The van der Waals surface area contributed by atoms with Gasteiger partial charge in [0.05, 0.1) is 0 Å². The molecule has 0 aliphatic heterocycles. The molecule has 0 aromatic carbocycles. The minimum Gasteiger partial charge on any atom is -0.298 e. The Kier molecular flexibility index (Phi) is 3.48. The Hall–Kier alpha value is -1.15. The summed E-state index contributed by atoms with van der Waals surface area (Å²) in [6.45, 7) is 5.53. The van der Waals surface area contributed by atoms with E-state index in [1.165, 1.54) is 5.56 Å². The predicted octanol–water partition coefficient (Wildman–Crippen LogP) is 1.70. The number of rotatable bonds is 4. The van der Waals surface area contributed by atoms with E-state index < -0.39 is 0 Å². The van der Waals surface area contributed by atoms with Crippen molar-refractivity contribution in [2.24, 2.45) is 0 Å². The summed E-state index contributed by atoms with van der Waals surface area (Å²) >= 11 is 0. The van der Waals surface area contributed by atoms with Crippen LogP contribution in [-0.2, 0) is 6.54 Å². The Labute approximate surface area is 73.5 Å². The lowest BCUT2D eigenvalue weighted by atomic mass is 10.3. The lowest BCUT2D eigenvalue weighted by molar-refractivity contribution is 0.363. The molecule has 0 spiro atoms. The Morgan fingerprint density at radius 3 is 3.08 bits per heavy atom. The van der Waals surface area contributed by atoms with Gasteiger partial charge in [0.1, 0.15) is 0 Å². The van der Waals surface area contributed by atoms with Crippen molar-refractivity contribution >= 4 is 0 Å². The van der Waals surface area contributed by atoms with E-state index in [4.69, 9.17) is 0 Å². The van der Waals surface area contributed by atoms with Crippen LogP contribution in [0.15, 0.2) is 37.2 Å². The Balaban J connectivity index is 2.46. The molecular weight excluding hydrogens is 148 g/mol. The number of pyridine rings is 1. The first kappa shape index (κ1) is 8.94. The van der Waals surface area contributed by atoms with E-state index in [2.05, 4.69) is 29.6 Å². The third-order valence-electron chi connectivity index (χ3n) is 1.62. The zero-order chi connectivity index (χ0) is 8.81. The van der Waals surface area contributed by atoms with Crippen LogP contribution in [0.1, 0.15) is 5.56 Å². The van der Waals surface area contributed by atoms with E-state index in [1.54, 1.807) is 6.20 Å². The van der Waals surface area contributed by atoms with Gasteiger partial charge in [0.15, 0.2) is 0 Å². The molecule has 0 saturated heterocycles. The van der Waals surface area contributed by atoms with E-state index >= 15 is 0 Å². The lowest BCUT2D eigenvalue weighted by Crippen LogP contribution is -2.17. The maximum absolute atomic E-state index is 4.05. The van der Waals surface area contributed by atoms with E-state index in [9.17, 15) is 0 Å². The lowest BCUT2D eigenvalue weighted by Gasteiger charge is -2.13. The molecule has 1 aromatic heterocycles. The van der Waals surface area contributed by atoms with E-state index in [-0.39, 0.29) is 0 Å². The summed E-state index contributed by atoms with van der Waals surface area (Å²) in [6, 6.07) is 4.03. The van der Waals surface area contributed by atoms with Gasteiger partial charge in [-0.1, -0.05) is 12.1 Å². The molecule has 1 rings (SSSR count). The number of hydrogen-bond acceptors (Lipinski definition) is 2. The van der Waals surface area contributed by atoms with Gasteiger partial charge in [-0.05, 0) is 18.7 Å². The highest BCUT2D eigenvalue weighted by molar-refractivity contribution is 5.08. The molecule has 1 heterocycles. The zero-order valence-electron chi connectivity index (χ0n) is 7.40. The van der Waals surface area contributed by atoms with Gasteiger partial charge in [0.25, 0.3) is 0 Å². The van der Waals surface area contributed by atoms with Gasteiger partial charge in [-0.15, -0.1) is 6.58 Å². The van der Waals surface area contributed by atoms with Gasteiger partial charge >= 0.3 is 0 Å². The SMILES string of the molecule is C=CCN(C)Cc1cccnc1. The summed E-state index contributed by atoms with van der Waals surface area (Å²) in [5, 5.41) is 0. The van der Waals surface area contributed by atoms with Crippen molar-refractivity contribution in [3.05, 3.63) is 42.7 Å². The smallest absolute Gasteiger partial charge is 0.0312 e. The molecule has 0 atom stereocenters. The summed E-state index contributed by atoms with van der Waals surface area (Å²) in [4.78, 5) is 6.23. The molecule has 0 bridgehead atoms. The third-order valence-corrected chi connectivity index (χ3v) is 1.62. The molecule has 0 saturated carbocycles. The van der Waals surface area contributed by atoms with Crippen molar-refractivity contribution < 1.29 is 0 Å². The average molecular weight is 162 g/mol. The fourth-order valence-corrected chi connectivity index (χ4v) is 1.09. The molecule has 12 heavy (non-hydrogen) atoms. The van der Waals surface area contributed by atoms with Crippen molar-refractivity contribution in [1.82, 2.24) is 9.88 Å². The molecule has 0 amide bonds. The summed E-state index contributed by atoms with van der Waals surface area (Å²) in [6.07, 6.45) is 5.58. The molecule has 64 valence electrons. The molecule has 0 aliphatic carbocycles. The molecule has 0 radical (unpaired) electrons. The first-order valence-electron chi connectivity index (χ1n) is 4.01.